The summed E-state index contributed by atoms with van der Waals surface area (Å²) in [6.45, 7) is 9.23. The Balaban J connectivity index is 0. The number of carboxylic acids is 1. The molecule has 0 atom stereocenters. The van der Waals surface area contributed by atoms with Gasteiger partial charge in [0.1, 0.15) is 11.2 Å². The van der Waals surface area contributed by atoms with E-state index >= 15 is 0 Å². The lowest BCUT2D eigenvalue weighted by Crippen LogP contribution is -2.34. The summed E-state index contributed by atoms with van der Waals surface area (Å²) in [6, 6.07) is 17.1. The highest BCUT2D eigenvalue weighted by molar-refractivity contribution is 5.91. The summed E-state index contributed by atoms with van der Waals surface area (Å²) < 4.78 is 9.68. The number of carbonyl (C=O) groups excluding carboxylic acids is 3. The number of rotatable bonds is 7. The van der Waals surface area contributed by atoms with Crippen LogP contribution in [-0.2, 0) is 28.7 Å². The lowest BCUT2D eigenvalue weighted by molar-refractivity contribution is -0.144. The van der Waals surface area contributed by atoms with Crippen LogP contribution in [0.4, 0.5) is 21.0 Å². The number of hydrogen-bond donors (Lipinski definition) is 5. The van der Waals surface area contributed by atoms with Gasteiger partial charge in [0.15, 0.2) is 13.2 Å². The molecule has 0 radical (unpaired) electrons. The average Bonchev–Trinajstić information content (AvgIpc) is 2.88. The molecule has 0 saturated heterocycles. The number of hydrogen-bond acceptors (Lipinski definition) is 11. The van der Waals surface area contributed by atoms with E-state index in [4.69, 9.17) is 35.7 Å². The van der Waals surface area contributed by atoms with Gasteiger partial charge in [0, 0.05) is 11.4 Å². The van der Waals surface area contributed by atoms with E-state index in [0.717, 1.165) is 0 Å². The van der Waals surface area contributed by atoms with Gasteiger partial charge in [0.25, 0.3) is 5.91 Å². The SMILES string of the molecule is C.CC(C)(C)OC(=O)NOCC(=O)Nc1ccc(C#N)cc1.CC(C)(C)OC(=O)NOCC(=O)O.N#Cc1ccc(N)cc1. The molecule has 2 aromatic carbocycles. The first-order valence-electron chi connectivity index (χ1n) is 12.4. The second-order valence-electron chi connectivity index (χ2n) is 10.2. The Morgan fingerprint density at radius 3 is 1.50 bits per heavy atom. The molecule has 0 aliphatic rings. The van der Waals surface area contributed by atoms with Crippen LogP contribution < -0.4 is 22.0 Å². The smallest absolute Gasteiger partial charge is 0.431 e. The van der Waals surface area contributed by atoms with Crippen LogP contribution in [0.15, 0.2) is 48.5 Å². The van der Waals surface area contributed by atoms with Gasteiger partial charge >= 0.3 is 18.2 Å². The second-order valence-corrected chi connectivity index (χ2v) is 10.2. The van der Waals surface area contributed by atoms with Gasteiger partial charge in [-0.15, -0.1) is 0 Å². The Kier molecular flexibility index (Phi) is 19.0. The number of aliphatic carboxylic acids is 1. The van der Waals surface area contributed by atoms with Gasteiger partial charge in [0.2, 0.25) is 0 Å². The molecule has 240 valence electrons. The largest absolute Gasteiger partial charge is 0.479 e. The van der Waals surface area contributed by atoms with Crippen LogP contribution in [0.3, 0.4) is 0 Å². The summed E-state index contributed by atoms with van der Waals surface area (Å²) >= 11 is 0. The molecule has 0 saturated carbocycles. The molecule has 0 fully saturated rings. The number of carbonyl (C=O) groups is 4. The fourth-order valence-electron chi connectivity index (χ4n) is 2.30. The number of amides is 3. The zero-order chi connectivity index (χ0) is 33.1. The molecular formula is C29H40N6O9. The number of carboxylic acid groups (broad SMARTS) is 1. The first-order valence-corrected chi connectivity index (χ1v) is 12.4. The minimum absolute atomic E-state index is 0. The highest BCUT2D eigenvalue weighted by atomic mass is 16.7. The maximum atomic E-state index is 11.5. The predicted molar refractivity (Wildman–Crippen MR) is 160 cm³/mol. The van der Waals surface area contributed by atoms with E-state index in [1.807, 2.05) is 23.1 Å². The van der Waals surface area contributed by atoms with E-state index in [2.05, 4.69) is 10.2 Å². The standard InChI is InChI=1S/C14H17N3O4.C7H6N2.C7H13NO5.CH4/c1-14(2,3)21-13(19)17-20-9-12(18)16-11-6-4-10(8-15)5-7-11;8-5-6-1-3-7(9)4-2-6;1-7(2,3)13-6(11)8-12-4-5(9)10;/h4-7H,9H2,1-3H3,(H,16,18)(H,17,19);1-4H,9H2;4H2,1-3H3,(H,8,11)(H,9,10);1H4. The van der Waals surface area contributed by atoms with Crippen LogP contribution in [0, 0.1) is 22.7 Å². The first kappa shape index (κ1) is 40.8. The minimum Gasteiger partial charge on any atom is -0.479 e. The van der Waals surface area contributed by atoms with Crippen molar-refractivity contribution in [3.63, 3.8) is 0 Å². The maximum absolute atomic E-state index is 11.5. The molecule has 0 aliphatic heterocycles. The van der Waals surface area contributed by atoms with Crippen molar-refractivity contribution in [2.45, 2.75) is 60.2 Å². The molecule has 0 heterocycles. The van der Waals surface area contributed by atoms with E-state index in [0.29, 0.717) is 22.5 Å². The number of nitriles is 2. The molecule has 3 amide bonds. The number of nitrogens with two attached hydrogens (primary N) is 1. The molecular weight excluding hydrogens is 576 g/mol. The molecule has 15 nitrogen and oxygen atoms in total. The van der Waals surface area contributed by atoms with Gasteiger partial charge in [0.05, 0.1) is 23.3 Å². The minimum atomic E-state index is -1.17. The lowest BCUT2D eigenvalue weighted by atomic mass is 10.2. The third kappa shape index (κ3) is 23.3. The Morgan fingerprint density at radius 1 is 0.750 bits per heavy atom. The summed E-state index contributed by atoms with van der Waals surface area (Å²) in [4.78, 5) is 52.5. The van der Waals surface area contributed by atoms with Gasteiger partial charge in [-0.05, 0) is 90.1 Å². The first-order chi connectivity index (χ1) is 19.9. The number of ether oxygens (including phenoxy) is 2. The van der Waals surface area contributed by atoms with Crippen LogP contribution in [0.1, 0.15) is 60.1 Å². The molecule has 15 heteroatoms. The van der Waals surface area contributed by atoms with Crippen LogP contribution in [-0.4, -0.2) is 53.6 Å². The van der Waals surface area contributed by atoms with Crippen LogP contribution in [0.25, 0.3) is 0 Å². The van der Waals surface area contributed by atoms with Crippen LogP contribution >= 0.6 is 0 Å². The Morgan fingerprint density at radius 2 is 1.14 bits per heavy atom. The van der Waals surface area contributed by atoms with Crippen molar-refractivity contribution in [2.24, 2.45) is 0 Å². The summed E-state index contributed by atoms with van der Waals surface area (Å²) in [5.74, 6) is -1.62. The molecule has 0 unspecified atom stereocenters. The fourth-order valence-corrected chi connectivity index (χ4v) is 2.30. The molecule has 2 rings (SSSR count). The van der Waals surface area contributed by atoms with E-state index in [1.54, 1.807) is 90.1 Å². The third-order valence-electron chi connectivity index (χ3n) is 3.85. The highest BCUT2D eigenvalue weighted by Gasteiger charge is 2.17. The normalized spacial score (nSPS) is 9.82. The van der Waals surface area contributed by atoms with Crippen LogP contribution in [0.5, 0.6) is 0 Å². The van der Waals surface area contributed by atoms with E-state index in [1.165, 1.54) is 0 Å². The Labute approximate surface area is 256 Å². The van der Waals surface area contributed by atoms with Crippen molar-refractivity contribution < 1.29 is 43.4 Å². The number of nitrogens with zero attached hydrogens (tertiary/aromatic N) is 2. The molecule has 0 aromatic heterocycles. The number of hydroxylamine groups is 2. The number of anilines is 2. The molecule has 2 aromatic rings. The molecule has 0 aliphatic carbocycles. The zero-order valence-corrected chi connectivity index (χ0v) is 24.7. The highest BCUT2D eigenvalue weighted by Crippen LogP contribution is 2.09. The van der Waals surface area contributed by atoms with Crippen molar-refractivity contribution in [3.05, 3.63) is 59.7 Å². The maximum Gasteiger partial charge on any atom is 0.431 e. The van der Waals surface area contributed by atoms with Crippen LogP contribution in [0.2, 0.25) is 0 Å². The fraction of sp³-hybridized carbons (Fsp3) is 0.379. The van der Waals surface area contributed by atoms with E-state index < -0.39 is 41.9 Å². The van der Waals surface area contributed by atoms with Gasteiger partial charge in [-0.3, -0.25) is 14.5 Å². The van der Waals surface area contributed by atoms with Crippen molar-refractivity contribution in [1.82, 2.24) is 11.0 Å². The second kappa shape index (κ2) is 20.5. The van der Waals surface area contributed by atoms with Gasteiger partial charge in [-0.2, -0.15) is 21.5 Å². The topological polar surface area (TPSA) is 235 Å². The van der Waals surface area contributed by atoms with Crippen molar-refractivity contribution in [3.8, 4) is 12.1 Å². The molecule has 0 bridgehead atoms. The summed E-state index contributed by atoms with van der Waals surface area (Å²) in [6.07, 6.45) is -1.58. The number of nitrogens with one attached hydrogen (secondary N) is 3. The predicted octanol–water partition coefficient (Wildman–Crippen LogP) is 4.26. The van der Waals surface area contributed by atoms with Crippen molar-refractivity contribution in [1.29, 1.82) is 10.5 Å². The molecule has 6 N–H and O–H groups in total. The number of nitrogen functional groups attached to an aromatic ring is 1. The lowest BCUT2D eigenvalue weighted by Gasteiger charge is -2.19. The quantitative estimate of drug-likeness (QED) is 0.217. The molecule has 44 heavy (non-hydrogen) atoms. The van der Waals surface area contributed by atoms with Gasteiger partial charge in [-0.1, -0.05) is 7.43 Å². The zero-order valence-electron chi connectivity index (χ0n) is 24.7. The average molecular weight is 617 g/mol. The van der Waals surface area contributed by atoms with Gasteiger partial charge in [-0.25, -0.2) is 14.4 Å². The number of benzene rings is 2. The monoisotopic (exact) mass is 616 g/mol. The molecule has 0 spiro atoms. The van der Waals surface area contributed by atoms with E-state index in [-0.39, 0.29) is 14.0 Å². The Hall–Kier alpha value is -5.38. The third-order valence-corrected chi connectivity index (χ3v) is 3.85. The summed E-state index contributed by atoms with van der Waals surface area (Å²) in [5.41, 5.74) is 10.3. The Bertz CT molecular complexity index is 1270. The van der Waals surface area contributed by atoms with E-state index in [9.17, 15) is 19.2 Å². The van der Waals surface area contributed by atoms with Crippen molar-refractivity contribution in [2.75, 3.05) is 24.3 Å². The summed E-state index contributed by atoms with van der Waals surface area (Å²) in [5, 5.41) is 27.7. The summed E-state index contributed by atoms with van der Waals surface area (Å²) in [7, 11) is 0. The van der Waals surface area contributed by atoms with Crippen molar-refractivity contribution >= 4 is 35.4 Å². The van der Waals surface area contributed by atoms with Gasteiger partial charge < -0.3 is 25.6 Å².